The second-order valence-electron chi connectivity index (χ2n) is 6.38. The fourth-order valence-corrected chi connectivity index (χ4v) is 3.32. The molecule has 0 atom stereocenters. The minimum atomic E-state index is -0.147. The van der Waals surface area contributed by atoms with Gasteiger partial charge in [-0.2, -0.15) is 5.10 Å². The quantitative estimate of drug-likeness (QED) is 0.782. The smallest absolute Gasteiger partial charge is 0.409 e. The highest BCUT2D eigenvalue weighted by Gasteiger charge is 2.55. The van der Waals surface area contributed by atoms with Gasteiger partial charge in [-0.3, -0.25) is 0 Å². The van der Waals surface area contributed by atoms with E-state index in [1.807, 2.05) is 15.9 Å². The number of rotatable bonds is 5. The summed E-state index contributed by atoms with van der Waals surface area (Å²) in [4.78, 5) is 17.9. The first-order chi connectivity index (χ1) is 10.2. The molecule has 21 heavy (non-hydrogen) atoms. The molecule has 1 aromatic rings. The summed E-state index contributed by atoms with van der Waals surface area (Å²) in [6.45, 7) is 6.37. The lowest BCUT2D eigenvalue weighted by Gasteiger charge is -2.58. The predicted molar refractivity (Wildman–Crippen MR) is 77.9 cm³/mol. The van der Waals surface area contributed by atoms with Crippen LogP contribution in [0.1, 0.15) is 51.4 Å². The van der Waals surface area contributed by atoms with E-state index in [0.717, 1.165) is 51.0 Å². The summed E-state index contributed by atoms with van der Waals surface area (Å²) in [5.41, 5.74) is 0.312. The van der Waals surface area contributed by atoms with Crippen LogP contribution in [0.4, 0.5) is 4.79 Å². The Hall–Kier alpha value is -1.59. The van der Waals surface area contributed by atoms with Crippen molar-refractivity contribution in [3.05, 3.63) is 12.2 Å². The molecule has 6 heteroatoms. The molecule has 116 valence electrons. The number of carbonyl (C=O) groups is 1. The monoisotopic (exact) mass is 292 g/mol. The molecule has 2 fully saturated rings. The van der Waals surface area contributed by atoms with Gasteiger partial charge in [0.1, 0.15) is 12.2 Å². The summed E-state index contributed by atoms with van der Waals surface area (Å²) in [6.07, 6.45) is 6.76. The zero-order chi connectivity index (χ0) is 14.9. The Bertz CT molecular complexity index is 500. The van der Waals surface area contributed by atoms with Gasteiger partial charge in [-0.15, -0.1) is 0 Å². The normalized spacial score (nSPS) is 20.2. The molecule has 1 spiro atoms. The molecule has 0 radical (unpaired) electrons. The van der Waals surface area contributed by atoms with E-state index in [4.69, 9.17) is 4.74 Å². The first-order valence-corrected chi connectivity index (χ1v) is 7.97. The maximum atomic E-state index is 11.8. The first kappa shape index (κ1) is 14.4. The van der Waals surface area contributed by atoms with E-state index < -0.39 is 0 Å². The van der Waals surface area contributed by atoms with Crippen LogP contribution in [0.25, 0.3) is 0 Å². The van der Waals surface area contributed by atoms with Gasteiger partial charge in [-0.05, 0) is 19.3 Å². The Balaban J connectivity index is 1.42. The van der Waals surface area contributed by atoms with Crippen LogP contribution in [0.3, 0.4) is 0 Å². The zero-order valence-corrected chi connectivity index (χ0v) is 12.9. The van der Waals surface area contributed by atoms with Crippen LogP contribution in [0.2, 0.25) is 0 Å². The van der Waals surface area contributed by atoms with E-state index >= 15 is 0 Å². The number of amides is 1. The average molecular weight is 292 g/mol. The van der Waals surface area contributed by atoms with Crippen LogP contribution < -0.4 is 0 Å². The number of nitrogens with zero attached hydrogens (tertiary/aromatic N) is 4. The SMILES string of the molecule is CCCCOC(=O)N1CC2(CC(n3cnc(CC)n3)C2)C1. The fraction of sp³-hybridized carbons (Fsp3) is 0.800. The summed E-state index contributed by atoms with van der Waals surface area (Å²) in [5.74, 6) is 0.908. The lowest BCUT2D eigenvalue weighted by atomic mass is 9.61. The van der Waals surface area contributed by atoms with Gasteiger partial charge in [0.2, 0.25) is 0 Å². The number of unbranched alkanes of at least 4 members (excludes halogenated alkanes) is 1. The van der Waals surface area contributed by atoms with Gasteiger partial charge in [0.15, 0.2) is 0 Å². The van der Waals surface area contributed by atoms with Crippen molar-refractivity contribution in [3.8, 4) is 0 Å². The minimum absolute atomic E-state index is 0.147. The van der Waals surface area contributed by atoms with Crippen molar-refractivity contribution in [1.82, 2.24) is 19.7 Å². The number of ether oxygens (including phenoxy) is 1. The number of likely N-dealkylation sites (tertiary alicyclic amines) is 1. The Morgan fingerprint density at radius 1 is 1.43 bits per heavy atom. The Labute approximate surface area is 125 Å². The van der Waals surface area contributed by atoms with Crippen LogP contribution in [0, 0.1) is 5.41 Å². The predicted octanol–water partition coefficient (Wildman–Crippen LogP) is 2.41. The molecule has 0 unspecified atom stereocenters. The summed E-state index contributed by atoms with van der Waals surface area (Å²) in [7, 11) is 0. The van der Waals surface area contributed by atoms with Gasteiger partial charge < -0.3 is 9.64 Å². The van der Waals surface area contributed by atoms with E-state index in [-0.39, 0.29) is 6.09 Å². The highest BCUT2D eigenvalue weighted by molar-refractivity contribution is 5.69. The molecule has 1 saturated carbocycles. The van der Waals surface area contributed by atoms with Crippen molar-refractivity contribution in [2.24, 2.45) is 5.41 Å². The maximum Gasteiger partial charge on any atom is 0.409 e. The third kappa shape index (κ3) is 2.76. The molecule has 1 aliphatic carbocycles. The number of carbonyl (C=O) groups excluding carboxylic acids is 1. The molecule has 6 nitrogen and oxygen atoms in total. The van der Waals surface area contributed by atoms with Crippen LogP contribution in [-0.2, 0) is 11.2 Å². The van der Waals surface area contributed by atoms with Gasteiger partial charge in [-0.1, -0.05) is 20.3 Å². The van der Waals surface area contributed by atoms with Gasteiger partial charge in [0.25, 0.3) is 0 Å². The Kier molecular flexibility index (Phi) is 3.87. The largest absolute Gasteiger partial charge is 0.449 e. The molecule has 1 aromatic heterocycles. The number of aryl methyl sites for hydroxylation is 1. The molecular weight excluding hydrogens is 268 g/mol. The molecule has 2 heterocycles. The lowest BCUT2D eigenvalue weighted by molar-refractivity contribution is -0.0822. The summed E-state index contributed by atoms with van der Waals surface area (Å²) >= 11 is 0. The second kappa shape index (κ2) is 5.66. The standard InChI is InChI=1S/C15H24N4O2/c1-3-5-6-21-14(20)18-9-15(10-18)7-12(8-15)19-11-16-13(4-2)17-19/h11-12H,3-10H2,1-2H3. The Morgan fingerprint density at radius 2 is 2.19 bits per heavy atom. The topological polar surface area (TPSA) is 60.2 Å². The van der Waals surface area contributed by atoms with Crippen molar-refractivity contribution in [2.75, 3.05) is 19.7 Å². The van der Waals surface area contributed by atoms with Crippen molar-refractivity contribution in [3.63, 3.8) is 0 Å². The van der Waals surface area contributed by atoms with E-state index in [1.54, 1.807) is 0 Å². The van der Waals surface area contributed by atoms with Gasteiger partial charge in [-0.25, -0.2) is 14.5 Å². The van der Waals surface area contributed by atoms with Crippen molar-refractivity contribution in [2.45, 2.75) is 52.0 Å². The first-order valence-electron chi connectivity index (χ1n) is 7.97. The van der Waals surface area contributed by atoms with Crippen molar-refractivity contribution < 1.29 is 9.53 Å². The van der Waals surface area contributed by atoms with Crippen LogP contribution >= 0.6 is 0 Å². The van der Waals surface area contributed by atoms with Crippen molar-refractivity contribution >= 4 is 6.09 Å². The molecule has 1 aliphatic heterocycles. The third-order valence-corrected chi connectivity index (χ3v) is 4.62. The minimum Gasteiger partial charge on any atom is -0.449 e. The second-order valence-corrected chi connectivity index (χ2v) is 6.38. The van der Waals surface area contributed by atoms with E-state index in [2.05, 4.69) is 23.9 Å². The number of aromatic nitrogens is 3. The summed E-state index contributed by atoms with van der Waals surface area (Å²) in [5, 5.41) is 4.48. The van der Waals surface area contributed by atoms with Crippen LogP contribution in [0.5, 0.6) is 0 Å². The highest BCUT2D eigenvalue weighted by atomic mass is 16.6. The summed E-state index contributed by atoms with van der Waals surface area (Å²) in [6, 6.07) is 0.455. The van der Waals surface area contributed by atoms with Crippen molar-refractivity contribution in [1.29, 1.82) is 0 Å². The van der Waals surface area contributed by atoms with Crippen LogP contribution in [0.15, 0.2) is 6.33 Å². The third-order valence-electron chi connectivity index (χ3n) is 4.62. The molecule has 1 saturated heterocycles. The average Bonchev–Trinajstić information content (AvgIpc) is 2.84. The molecule has 3 rings (SSSR count). The van der Waals surface area contributed by atoms with Gasteiger partial charge >= 0.3 is 6.09 Å². The highest BCUT2D eigenvalue weighted by Crippen LogP contribution is 2.53. The number of hydrogen-bond donors (Lipinski definition) is 0. The number of hydrogen-bond acceptors (Lipinski definition) is 4. The van der Waals surface area contributed by atoms with Crippen LogP contribution in [-0.4, -0.2) is 45.5 Å². The maximum absolute atomic E-state index is 11.8. The van der Waals surface area contributed by atoms with Gasteiger partial charge in [0, 0.05) is 24.9 Å². The molecule has 2 aliphatic rings. The Morgan fingerprint density at radius 3 is 2.81 bits per heavy atom. The van der Waals surface area contributed by atoms with Gasteiger partial charge in [0.05, 0.1) is 12.6 Å². The van der Waals surface area contributed by atoms with E-state index in [9.17, 15) is 4.79 Å². The molecule has 0 N–H and O–H groups in total. The molecular formula is C15H24N4O2. The van der Waals surface area contributed by atoms with E-state index in [1.165, 1.54) is 0 Å². The van der Waals surface area contributed by atoms with E-state index in [0.29, 0.717) is 18.1 Å². The molecule has 0 aromatic carbocycles. The summed E-state index contributed by atoms with van der Waals surface area (Å²) < 4.78 is 7.23. The molecule has 1 amide bonds. The fourth-order valence-electron chi connectivity index (χ4n) is 3.32. The molecule has 0 bridgehead atoms. The zero-order valence-electron chi connectivity index (χ0n) is 12.9. The lowest BCUT2D eigenvalue weighted by Crippen LogP contribution is -2.63.